The fraction of sp³-hybridized carbons (Fsp3) is 0.417. The largest absolute Gasteiger partial charge is 0.481 e. The molecular weight excluding hydrogens is 226 g/mol. The van der Waals surface area contributed by atoms with E-state index in [0.29, 0.717) is 11.8 Å². The zero-order chi connectivity index (χ0) is 11.3. The summed E-state index contributed by atoms with van der Waals surface area (Å²) in [5, 5.41) is 9.65. The molecule has 0 amide bonds. The van der Waals surface area contributed by atoms with Crippen molar-refractivity contribution >= 4 is 23.3 Å². The lowest BCUT2D eigenvalue weighted by molar-refractivity contribution is -0.139. The van der Waals surface area contributed by atoms with E-state index in [2.05, 4.69) is 4.90 Å². The van der Waals surface area contributed by atoms with Crippen molar-refractivity contribution in [1.29, 1.82) is 0 Å². The highest BCUT2D eigenvalue weighted by atomic mass is 35.5. The zero-order valence-electron chi connectivity index (χ0n) is 8.64. The highest BCUT2D eigenvalue weighted by molar-refractivity contribution is 6.30. The lowest BCUT2D eigenvalue weighted by Crippen LogP contribution is -2.25. The van der Waals surface area contributed by atoms with E-state index < -0.39 is 5.97 Å². The molecule has 2 atom stereocenters. The number of hydrogen-bond donors (Lipinski definition) is 1. The van der Waals surface area contributed by atoms with Crippen LogP contribution >= 0.6 is 11.6 Å². The van der Waals surface area contributed by atoms with Gasteiger partial charge in [-0.2, -0.15) is 0 Å². The van der Waals surface area contributed by atoms with Crippen LogP contribution in [0.4, 0.5) is 5.69 Å². The average molecular weight is 238 g/mol. The Morgan fingerprint density at radius 1 is 1.38 bits per heavy atom. The third-order valence-corrected chi connectivity index (χ3v) is 3.89. The van der Waals surface area contributed by atoms with Crippen LogP contribution in [0.3, 0.4) is 0 Å². The number of benzene rings is 1. The number of halogens is 1. The summed E-state index contributed by atoms with van der Waals surface area (Å²) in [6.07, 6.45) is 0. The lowest BCUT2D eigenvalue weighted by atomic mass is 10.2. The second kappa shape index (κ2) is 3.39. The number of piperidine rings is 1. The molecule has 16 heavy (non-hydrogen) atoms. The Morgan fingerprint density at radius 3 is 2.62 bits per heavy atom. The van der Waals surface area contributed by atoms with Gasteiger partial charge in [-0.15, -0.1) is 0 Å². The monoisotopic (exact) mass is 237 g/mol. The smallest absolute Gasteiger partial charge is 0.307 e. The Balaban J connectivity index is 1.72. The second-order valence-corrected chi connectivity index (χ2v) is 5.01. The second-order valence-electron chi connectivity index (χ2n) is 4.58. The number of carboxylic acids is 1. The van der Waals surface area contributed by atoms with Gasteiger partial charge in [-0.3, -0.25) is 4.79 Å². The first-order valence-corrected chi connectivity index (χ1v) is 5.78. The molecule has 1 N–H and O–H groups in total. The number of carbonyl (C=O) groups is 1. The van der Waals surface area contributed by atoms with E-state index in [9.17, 15) is 4.79 Å². The number of anilines is 1. The first-order chi connectivity index (χ1) is 7.66. The molecule has 0 bridgehead atoms. The number of fused-ring (bicyclic) bond motifs is 1. The molecule has 3 rings (SSSR count). The van der Waals surface area contributed by atoms with Gasteiger partial charge in [0.05, 0.1) is 5.92 Å². The van der Waals surface area contributed by atoms with E-state index in [0.717, 1.165) is 23.8 Å². The molecule has 1 aromatic carbocycles. The minimum Gasteiger partial charge on any atom is -0.481 e. The van der Waals surface area contributed by atoms with Crippen molar-refractivity contribution in [3.63, 3.8) is 0 Å². The minimum absolute atomic E-state index is 0.101. The first kappa shape index (κ1) is 9.97. The van der Waals surface area contributed by atoms with E-state index in [1.807, 2.05) is 24.3 Å². The predicted octanol–water partition coefficient (Wildman–Crippen LogP) is 2.11. The Kier molecular flexibility index (Phi) is 2.11. The van der Waals surface area contributed by atoms with Gasteiger partial charge in [0, 0.05) is 23.8 Å². The fourth-order valence-corrected chi connectivity index (χ4v) is 2.96. The van der Waals surface area contributed by atoms with Crippen LogP contribution in [-0.2, 0) is 4.79 Å². The third kappa shape index (κ3) is 1.47. The van der Waals surface area contributed by atoms with Crippen LogP contribution in [-0.4, -0.2) is 24.2 Å². The van der Waals surface area contributed by atoms with E-state index in [-0.39, 0.29) is 5.92 Å². The summed E-state index contributed by atoms with van der Waals surface area (Å²) in [7, 11) is 0. The predicted molar refractivity (Wildman–Crippen MR) is 61.8 cm³/mol. The molecule has 1 saturated heterocycles. The molecule has 2 unspecified atom stereocenters. The van der Waals surface area contributed by atoms with E-state index in [1.165, 1.54) is 0 Å². The maximum atomic E-state index is 10.8. The van der Waals surface area contributed by atoms with Gasteiger partial charge in [0.1, 0.15) is 0 Å². The molecule has 4 heteroatoms. The van der Waals surface area contributed by atoms with Crippen LogP contribution in [0.25, 0.3) is 0 Å². The molecule has 3 nitrogen and oxygen atoms in total. The van der Waals surface area contributed by atoms with Crippen molar-refractivity contribution < 1.29 is 9.90 Å². The summed E-state index contributed by atoms with van der Waals surface area (Å²) in [6, 6.07) is 7.73. The van der Waals surface area contributed by atoms with Crippen LogP contribution in [0.15, 0.2) is 24.3 Å². The van der Waals surface area contributed by atoms with Crippen LogP contribution in [0.2, 0.25) is 5.02 Å². The van der Waals surface area contributed by atoms with Gasteiger partial charge >= 0.3 is 5.97 Å². The van der Waals surface area contributed by atoms with Crippen LogP contribution in [0, 0.1) is 17.8 Å². The molecule has 1 heterocycles. The van der Waals surface area contributed by atoms with Crippen LogP contribution in [0.1, 0.15) is 0 Å². The maximum absolute atomic E-state index is 10.8. The molecule has 1 aliphatic carbocycles. The van der Waals surface area contributed by atoms with Crippen molar-refractivity contribution in [3.05, 3.63) is 29.3 Å². The standard InChI is InChI=1S/C12H12ClNO2/c13-7-2-1-3-8(4-7)14-5-9-10(6-14)11(9)12(15)16/h1-4,9-11H,5-6H2,(H,15,16). The topological polar surface area (TPSA) is 40.5 Å². The van der Waals surface area contributed by atoms with Crippen LogP contribution < -0.4 is 4.90 Å². The summed E-state index contributed by atoms with van der Waals surface area (Å²) in [5.74, 6) is -0.0517. The van der Waals surface area contributed by atoms with Gasteiger partial charge in [0.2, 0.25) is 0 Å². The van der Waals surface area contributed by atoms with E-state index in [1.54, 1.807) is 0 Å². The molecule has 1 aromatic rings. The highest BCUT2D eigenvalue weighted by Gasteiger charge is 2.59. The summed E-state index contributed by atoms with van der Waals surface area (Å²) in [6.45, 7) is 1.70. The molecule has 2 fully saturated rings. The molecule has 1 saturated carbocycles. The quantitative estimate of drug-likeness (QED) is 0.857. The van der Waals surface area contributed by atoms with Crippen molar-refractivity contribution in [1.82, 2.24) is 0 Å². The summed E-state index contributed by atoms with van der Waals surface area (Å²) in [5.41, 5.74) is 1.10. The van der Waals surface area contributed by atoms with E-state index >= 15 is 0 Å². The summed E-state index contributed by atoms with van der Waals surface area (Å²) >= 11 is 5.93. The Labute approximate surface area is 98.6 Å². The summed E-state index contributed by atoms with van der Waals surface area (Å²) in [4.78, 5) is 13.1. The van der Waals surface area contributed by atoms with Gasteiger partial charge in [-0.1, -0.05) is 17.7 Å². The van der Waals surface area contributed by atoms with Crippen molar-refractivity contribution in [2.45, 2.75) is 0 Å². The molecule has 1 aliphatic heterocycles. The average Bonchev–Trinajstić information content (AvgIpc) is 2.75. The number of aliphatic carboxylic acids is 1. The SMILES string of the molecule is O=C(O)C1C2CN(c3cccc(Cl)c3)CC21. The van der Waals surface area contributed by atoms with E-state index in [4.69, 9.17) is 16.7 Å². The number of rotatable bonds is 2. The van der Waals surface area contributed by atoms with Gasteiger partial charge in [-0.25, -0.2) is 0 Å². The molecule has 0 spiro atoms. The number of hydrogen-bond acceptors (Lipinski definition) is 2. The van der Waals surface area contributed by atoms with Gasteiger partial charge in [0.25, 0.3) is 0 Å². The van der Waals surface area contributed by atoms with Gasteiger partial charge in [0.15, 0.2) is 0 Å². The van der Waals surface area contributed by atoms with Crippen molar-refractivity contribution in [2.75, 3.05) is 18.0 Å². The minimum atomic E-state index is -0.638. The fourth-order valence-electron chi connectivity index (χ4n) is 2.78. The molecule has 0 radical (unpaired) electrons. The number of carboxylic acid groups (broad SMARTS) is 1. The first-order valence-electron chi connectivity index (χ1n) is 5.40. The lowest BCUT2D eigenvalue weighted by Gasteiger charge is -2.21. The molecule has 0 aromatic heterocycles. The zero-order valence-corrected chi connectivity index (χ0v) is 9.39. The van der Waals surface area contributed by atoms with Gasteiger partial charge in [-0.05, 0) is 30.0 Å². The maximum Gasteiger partial charge on any atom is 0.307 e. The number of nitrogens with zero attached hydrogens (tertiary/aromatic N) is 1. The Bertz CT molecular complexity index is 436. The van der Waals surface area contributed by atoms with Crippen molar-refractivity contribution in [3.8, 4) is 0 Å². The molecule has 2 aliphatic rings. The molecule has 84 valence electrons. The summed E-state index contributed by atoms with van der Waals surface area (Å²) < 4.78 is 0. The van der Waals surface area contributed by atoms with Crippen LogP contribution in [0.5, 0.6) is 0 Å². The molecular formula is C12H12ClNO2. The Morgan fingerprint density at radius 2 is 2.06 bits per heavy atom. The highest BCUT2D eigenvalue weighted by Crippen LogP contribution is 2.52. The van der Waals surface area contributed by atoms with Crippen molar-refractivity contribution in [2.24, 2.45) is 17.8 Å². The third-order valence-electron chi connectivity index (χ3n) is 3.65. The Hall–Kier alpha value is -1.22. The van der Waals surface area contributed by atoms with Gasteiger partial charge < -0.3 is 10.0 Å². The normalized spacial score (nSPS) is 31.3.